The molecule has 33 heavy (non-hydrogen) atoms. The van der Waals surface area contributed by atoms with E-state index < -0.39 is 18.2 Å². The van der Waals surface area contributed by atoms with Crippen molar-refractivity contribution in [3.05, 3.63) is 76.7 Å². The minimum absolute atomic E-state index is 0.00651. The first kappa shape index (κ1) is 24.3. The number of pyridine rings is 1. The number of benzene rings is 1. The van der Waals surface area contributed by atoms with Crippen LogP contribution in [0.1, 0.15) is 37.9 Å². The fourth-order valence-electron chi connectivity index (χ4n) is 3.27. The minimum Gasteiger partial charge on any atom is -0.435 e. The molecule has 3 aromatic rings. The van der Waals surface area contributed by atoms with Crippen molar-refractivity contribution in [3.8, 4) is 5.75 Å². The molecule has 2 amide bonds. The molecular weight excluding hydrogens is 448 g/mol. The Kier molecular flexibility index (Phi) is 7.75. The highest BCUT2D eigenvalue weighted by Gasteiger charge is 2.34. The van der Waals surface area contributed by atoms with Gasteiger partial charge in [-0.05, 0) is 79.1 Å². The Morgan fingerprint density at radius 2 is 1.88 bits per heavy atom. The van der Waals surface area contributed by atoms with E-state index in [0.717, 1.165) is 0 Å². The molecule has 9 heteroatoms. The van der Waals surface area contributed by atoms with Crippen LogP contribution < -0.4 is 15.0 Å². The predicted molar refractivity (Wildman–Crippen MR) is 123 cm³/mol. The Balaban J connectivity index is 2.04. The largest absolute Gasteiger partial charge is 0.435 e. The average molecular weight is 474 g/mol. The number of hydrogen-bond donors (Lipinski definition) is 1. The number of anilines is 1. The summed E-state index contributed by atoms with van der Waals surface area (Å²) < 4.78 is 29.6. The number of aromatic nitrogens is 1. The number of halogens is 2. The zero-order chi connectivity index (χ0) is 24.0. The molecule has 0 saturated heterocycles. The van der Waals surface area contributed by atoms with Crippen molar-refractivity contribution >= 4 is 28.8 Å². The molecular formula is C24H25F2N3O3S. The van der Waals surface area contributed by atoms with Crippen LogP contribution in [0.15, 0.2) is 65.6 Å². The average Bonchev–Trinajstić information content (AvgIpc) is 3.26. The van der Waals surface area contributed by atoms with Crippen molar-refractivity contribution in [2.24, 2.45) is 0 Å². The normalized spacial score (nSPS) is 12.3. The van der Waals surface area contributed by atoms with Gasteiger partial charge in [0.15, 0.2) is 0 Å². The fraction of sp³-hybridized carbons (Fsp3) is 0.292. The zero-order valence-electron chi connectivity index (χ0n) is 18.5. The summed E-state index contributed by atoms with van der Waals surface area (Å²) in [7, 11) is 0. The molecule has 1 aromatic carbocycles. The first-order valence-corrected chi connectivity index (χ1v) is 11.2. The maximum Gasteiger partial charge on any atom is 0.387 e. The number of ether oxygens (including phenoxy) is 1. The number of amides is 2. The maximum absolute atomic E-state index is 13.6. The number of thiophene rings is 1. The summed E-state index contributed by atoms with van der Waals surface area (Å²) in [4.78, 5) is 32.4. The van der Waals surface area contributed by atoms with Gasteiger partial charge in [-0.3, -0.25) is 19.5 Å². The summed E-state index contributed by atoms with van der Waals surface area (Å²) in [5, 5.41) is 6.59. The molecule has 0 aliphatic carbocycles. The Bertz CT molecular complexity index is 1050. The van der Waals surface area contributed by atoms with Gasteiger partial charge in [0, 0.05) is 23.6 Å². The Hall–Kier alpha value is -3.33. The standard InChI is InChI=1S/C24H25F2N3O3S/c1-24(2,3)28-22(31)21(17-10-12-33-15-17)29(20(30)13-16-5-4-11-27-14-16)18-6-8-19(9-7-18)32-23(25)26/h4-12,14-15,21,23H,13H2,1-3H3,(H,28,31). The molecule has 174 valence electrons. The molecule has 0 aliphatic rings. The van der Waals surface area contributed by atoms with Crippen molar-refractivity contribution < 1.29 is 23.1 Å². The minimum atomic E-state index is -2.96. The lowest BCUT2D eigenvalue weighted by Gasteiger charge is -2.33. The SMILES string of the molecule is CC(C)(C)NC(=O)C(c1ccsc1)N(C(=O)Cc1cccnc1)c1ccc(OC(F)F)cc1. The molecule has 0 fully saturated rings. The van der Waals surface area contributed by atoms with E-state index in [1.807, 2.05) is 31.5 Å². The Labute approximate surface area is 195 Å². The van der Waals surface area contributed by atoms with E-state index in [4.69, 9.17) is 0 Å². The fourth-order valence-corrected chi connectivity index (χ4v) is 3.95. The molecule has 1 N–H and O–H groups in total. The molecule has 3 rings (SSSR count). The summed E-state index contributed by atoms with van der Waals surface area (Å²) in [5.74, 6) is -0.737. The smallest absolute Gasteiger partial charge is 0.387 e. The maximum atomic E-state index is 13.6. The van der Waals surface area contributed by atoms with Crippen molar-refractivity contribution in [2.45, 2.75) is 45.4 Å². The molecule has 0 saturated carbocycles. The quantitative estimate of drug-likeness (QED) is 0.501. The van der Waals surface area contributed by atoms with Crippen LogP contribution in [0.4, 0.5) is 14.5 Å². The second-order valence-corrected chi connectivity index (χ2v) is 9.15. The summed E-state index contributed by atoms with van der Waals surface area (Å²) >= 11 is 1.41. The van der Waals surface area contributed by atoms with E-state index in [2.05, 4.69) is 15.0 Å². The number of carbonyl (C=O) groups excluding carboxylic acids is 2. The van der Waals surface area contributed by atoms with E-state index in [-0.39, 0.29) is 24.0 Å². The molecule has 1 atom stereocenters. The van der Waals surface area contributed by atoms with Crippen LogP contribution >= 0.6 is 11.3 Å². The van der Waals surface area contributed by atoms with Gasteiger partial charge in [-0.25, -0.2) is 0 Å². The molecule has 0 radical (unpaired) electrons. The van der Waals surface area contributed by atoms with Crippen LogP contribution in [0, 0.1) is 0 Å². The van der Waals surface area contributed by atoms with Crippen LogP contribution in [0.25, 0.3) is 0 Å². The first-order valence-electron chi connectivity index (χ1n) is 10.2. The van der Waals surface area contributed by atoms with Gasteiger partial charge in [0.25, 0.3) is 0 Å². The number of carbonyl (C=O) groups is 2. The zero-order valence-corrected chi connectivity index (χ0v) is 19.3. The molecule has 6 nitrogen and oxygen atoms in total. The Morgan fingerprint density at radius 1 is 1.15 bits per heavy atom. The van der Waals surface area contributed by atoms with Crippen molar-refractivity contribution in [1.29, 1.82) is 0 Å². The monoisotopic (exact) mass is 473 g/mol. The van der Waals surface area contributed by atoms with Crippen LogP contribution in [0.3, 0.4) is 0 Å². The molecule has 1 unspecified atom stereocenters. The van der Waals surface area contributed by atoms with Crippen LogP contribution in [0.2, 0.25) is 0 Å². The van der Waals surface area contributed by atoms with E-state index >= 15 is 0 Å². The van der Waals surface area contributed by atoms with Crippen LogP contribution in [-0.4, -0.2) is 28.9 Å². The van der Waals surface area contributed by atoms with E-state index in [1.165, 1.54) is 40.5 Å². The number of nitrogens with zero attached hydrogens (tertiary/aromatic N) is 2. The third kappa shape index (κ3) is 6.82. The van der Waals surface area contributed by atoms with Crippen molar-refractivity contribution in [2.75, 3.05) is 4.90 Å². The van der Waals surface area contributed by atoms with Gasteiger partial charge in [-0.2, -0.15) is 20.1 Å². The van der Waals surface area contributed by atoms with Crippen molar-refractivity contribution in [3.63, 3.8) is 0 Å². The highest BCUT2D eigenvalue weighted by atomic mass is 32.1. The number of hydrogen-bond acceptors (Lipinski definition) is 5. The lowest BCUT2D eigenvalue weighted by molar-refractivity contribution is -0.127. The number of rotatable bonds is 8. The predicted octanol–water partition coefficient (Wildman–Crippen LogP) is 4.98. The topological polar surface area (TPSA) is 71.5 Å². The molecule has 0 aliphatic heterocycles. The second kappa shape index (κ2) is 10.5. The van der Waals surface area contributed by atoms with Gasteiger partial charge in [-0.15, -0.1) is 0 Å². The molecule has 0 spiro atoms. The number of nitrogens with one attached hydrogen (secondary N) is 1. The van der Waals surface area contributed by atoms with Crippen LogP contribution in [-0.2, 0) is 16.0 Å². The summed E-state index contributed by atoms with van der Waals surface area (Å²) in [6.07, 6.45) is 3.20. The van der Waals surface area contributed by atoms with Crippen molar-refractivity contribution in [1.82, 2.24) is 10.3 Å². The van der Waals surface area contributed by atoms with E-state index in [9.17, 15) is 18.4 Å². The third-order valence-electron chi connectivity index (χ3n) is 4.55. The highest BCUT2D eigenvalue weighted by molar-refractivity contribution is 7.08. The third-order valence-corrected chi connectivity index (χ3v) is 5.25. The molecule has 0 bridgehead atoms. The van der Waals surface area contributed by atoms with Gasteiger partial charge < -0.3 is 10.1 Å². The van der Waals surface area contributed by atoms with Gasteiger partial charge in [0.2, 0.25) is 11.8 Å². The lowest BCUT2D eigenvalue weighted by Crippen LogP contribution is -2.49. The Morgan fingerprint density at radius 3 is 2.42 bits per heavy atom. The molecule has 2 aromatic heterocycles. The summed E-state index contributed by atoms with van der Waals surface area (Å²) in [6.45, 7) is 2.60. The van der Waals surface area contributed by atoms with Gasteiger partial charge in [-0.1, -0.05) is 6.07 Å². The lowest BCUT2D eigenvalue weighted by atomic mass is 10.0. The summed E-state index contributed by atoms with van der Waals surface area (Å²) in [5.41, 5.74) is 1.18. The van der Waals surface area contributed by atoms with E-state index in [1.54, 1.807) is 30.6 Å². The summed E-state index contributed by atoms with van der Waals surface area (Å²) in [6, 6.07) is 10.0. The second-order valence-electron chi connectivity index (χ2n) is 8.37. The van der Waals surface area contributed by atoms with Crippen LogP contribution in [0.5, 0.6) is 5.75 Å². The van der Waals surface area contributed by atoms with E-state index in [0.29, 0.717) is 16.8 Å². The molecule has 2 heterocycles. The number of alkyl halides is 2. The highest BCUT2D eigenvalue weighted by Crippen LogP contribution is 2.32. The van der Waals surface area contributed by atoms with Gasteiger partial charge in [0.1, 0.15) is 11.8 Å². The van der Waals surface area contributed by atoms with Gasteiger partial charge in [0.05, 0.1) is 6.42 Å². The first-order chi connectivity index (χ1) is 15.6. The van der Waals surface area contributed by atoms with Gasteiger partial charge >= 0.3 is 6.61 Å².